The maximum atomic E-state index is 4.33. The molecule has 0 amide bonds. The van der Waals surface area contributed by atoms with E-state index in [-0.39, 0.29) is 0 Å². The third-order valence-electron chi connectivity index (χ3n) is 2.38. The normalized spacial score (nSPS) is 11.2. The summed E-state index contributed by atoms with van der Waals surface area (Å²) in [6.45, 7) is 5.00. The highest BCUT2D eigenvalue weighted by atomic mass is 15.3. The van der Waals surface area contributed by atoms with Gasteiger partial charge in [-0.1, -0.05) is 13.8 Å². The Kier molecular flexibility index (Phi) is 2.53. The molecular weight excluding hydrogens is 190 g/mol. The van der Waals surface area contributed by atoms with Crippen molar-refractivity contribution in [1.29, 1.82) is 0 Å². The van der Waals surface area contributed by atoms with E-state index in [4.69, 9.17) is 0 Å². The topological polar surface area (TPSA) is 48.5 Å². The van der Waals surface area contributed by atoms with Crippen LogP contribution < -0.4 is 0 Å². The molecule has 0 aliphatic carbocycles. The van der Waals surface area contributed by atoms with Gasteiger partial charge < -0.3 is 9.13 Å². The molecule has 5 nitrogen and oxygen atoms in total. The Morgan fingerprint density at radius 2 is 2.20 bits per heavy atom. The SMILES string of the molecule is CC(C)c1nccn1Cc1nncn1C. The molecule has 0 saturated carbocycles. The Hall–Kier alpha value is -1.65. The third kappa shape index (κ3) is 1.91. The number of nitrogens with zero attached hydrogens (tertiary/aromatic N) is 5. The fraction of sp³-hybridized carbons (Fsp3) is 0.500. The van der Waals surface area contributed by atoms with Gasteiger partial charge in [-0.3, -0.25) is 0 Å². The highest BCUT2D eigenvalue weighted by molar-refractivity contribution is 5.00. The average Bonchev–Trinajstić information content (AvgIpc) is 2.77. The second-order valence-corrected chi connectivity index (χ2v) is 3.93. The number of aryl methyl sites for hydroxylation is 1. The maximum absolute atomic E-state index is 4.33. The summed E-state index contributed by atoms with van der Waals surface area (Å²) in [5.74, 6) is 2.45. The molecule has 0 spiro atoms. The highest BCUT2D eigenvalue weighted by Gasteiger charge is 2.09. The minimum absolute atomic E-state index is 0.424. The predicted molar refractivity (Wildman–Crippen MR) is 56.4 cm³/mol. The van der Waals surface area contributed by atoms with Gasteiger partial charge in [0, 0.05) is 25.4 Å². The Morgan fingerprint density at radius 3 is 2.80 bits per heavy atom. The molecule has 0 unspecified atom stereocenters. The average molecular weight is 205 g/mol. The lowest BCUT2D eigenvalue weighted by Gasteiger charge is -2.09. The number of rotatable bonds is 3. The zero-order valence-corrected chi connectivity index (χ0v) is 9.25. The molecule has 0 aliphatic rings. The summed E-state index contributed by atoms with van der Waals surface area (Å²) in [5.41, 5.74) is 0. The first-order valence-electron chi connectivity index (χ1n) is 5.02. The summed E-state index contributed by atoms with van der Waals surface area (Å²) < 4.78 is 4.03. The molecule has 2 rings (SSSR count). The maximum Gasteiger partial charge on any atom is 0.152 e. The molecule has 0 N–H and O–H groups in total. The minimum Gasteiger partial charge on any atom is -0.327 e. The fourth-order valence-corrected chi connectivity index (χ4v) is 1.56. The Balaban J connectivity index is 2.25. The monoisotopic (exact) mass is 205 g/mol. The van der Waals surface area contributed by atoms with E-state index in [2.05, 4.69) is 33.6 Å². The minimum atomic E-state index is 0.424. The van der Waals surface area contributed by atoms with Crippen molar-refractivity contribution >= 4 is 0 Å². The second kappa shape index (κ2) is 3.84. The van der Waals surface area contributed by atoms with Gasteiger partial charge in [0.2, 0.25) is 0 Å². The van der Waals surface area contributed by atoms with Crippen molar-refractivity contribution in [3.05, 3.63) is 30.4 Å². The van der Waals surface area contributed by atoms with Crippen molar-refractivity contribution in [3.63, 3.8) is 0 Å². The van der Waals surface area contributed by atoms with Crippen LogP contribution >= 0.6 is 0 Å². The summed E-state index contributed by atoms with van der Waals surface area (Å²) in [5, 5.41) is 7.91. The lowest BCUT2D eigenvalue weighted by atomic mass is 10.2. The number of hydrogen-bond acceptors (Lipinski definition) is 3. The molecule has 0 aliphatic heterocycles. The molecule has 2 aromatic rings. The van der Waals surface area contributed by atoms with Crippen LogP contribution in [0.4, 0.5) is 0 Å². The van der Waals surface area contributed by atoms with Gasteiger partial charge in [-0.05, 0) is 0 Å². The Labute approximate surface area is 88.8 Å². The van der Waals surface area contributed by atoms with E-state index in [1.54, 1.807) is 6.33 Å². The van der Waals surface area contributed by atoms with Crippen LogP contribution in [-0.4, -0.2) is 24.3 Å². The number of aromatic nitrogens is 5. The summed E-state index contributed by atoms with van der Waals surface area (Å²) in [7, 11) is 1.95. The molecule has 2 aromatic heterocycles. The predicted octanol–water partition coefficient (Wildman–Crippen LogP) is 1.18. The van der Waals surface area contributed by atoms with Crippen LogP contribution in [0.15, 0.2) is 18.7 Å². The number of hydrogen-bond donors (Lipinski definition) is 0. The Morgan fingerprint density at radius 1 is 1.40 bits per heavy atom. The van der Waals surface area contributed by atoms with Crippen LogP contribution in [-0.2, 0) is 13.6 Å². The summed E-state index contributed by atoms with van der Waals surface area (Å²) in [6.07, 6.45) is 5.51. The molecule has 0 bridgehead atoms. The van der Waals surface area contributed by atoms with Gasteiger partial charge in [0.1, 0.15) is 12.2 Å². The highest BCUT2D eigenvalue weighted by Crippen LogP contribution is 2.12. The van der Waals surface area contributed by atoms with E-state index in [1.165, 1.54) is 0 Å². The first kappa shape index (κ1) is 9.89. The quantitative estimate of drug-likeness (QED) is 0.756. The molecular formula is C10H15N5. The molecule has 2 heterocycles. The van der Waals surface area contributed by atoms with E-state index in [1.807, 2.05) is 24.0 Å². The second-order valence-electron chi connectivity index (χ2n) is 3.93. The van der Waals surface area contributed by atoms with Gasteiger partial charge in [0.15, 0.2) is 5.82 Å². The van der Waals surface area contributed by atoms with Crippen molar-refractivity contribution in [2.45, 2.75) is 26.3 Å². The van der Waals surface area contributed by atoms with Gasteiger partial charge in [-0.25, -0.2) is 4.98 Å². The molecule has 0 fully saturated rings. The van der Waals surface area contributed by atoms with E-state index >= 15 is 0 Å². The van der Waals surface area contributed by atoms with E-state index in [9.17, 15) is 0 Å². The lowest BCUT2D eigenvalue weighted by Crippen LogP contribution is -2.09. The van der Waals surface area contributed by atoms with Crippen molar-refractivity contribution < 1.29 is 0 Å². The van der Waals surface area contributed by atoms with Crippen molar-refractivity contribution in [2.75, 3.05) is 0 Å². The summed E-state index contributed by atoms with van der Waals surface area (Å²) >= 11 is 0. The number of imidazole rings is 1. The molecule has 0 atom stereocenters. The van der Waals surface area contributed by atoms with Crippen LogP contribution in [0.25, 0.3) is 0 Å². The van der Waals surface area contributed by atoms with Gasteiger partial charge in [0.05, 0.1) is 6.54 Å². The summed E-state index contributed by atoms with van der Waals surface area (Å²) in [4.78, 5) is 4.33. The summed E-state index contributed by atoms with van der Waals surface area (Å²) in [6, 6.07) is 0. The van der Waals surface area contributed by atoms with Crippen molar-refractivity contribution in [1.82, 2.24) is 24.3 Å². The Bertz CT molecular complexity index is 440. The first-order valence-corrected chi connectivity index (χ1v) is 5.02. The molecule has 5 heteroatoms. The van der Waals surface area contributed by atoms with Gasteiger partial charge >= 0.3 is 0 Å². The lowest BCUT2D eigenvalue weighted by molar-refractivity contribution is 0.631. The van der Waals surface area contributed by atoms with E-state index < -0.39 is 0 Å². The van der Waals surface area contributed by atoms with Crippen LogP contribution in [0.1, 0.15) is 31.4 Å². The smallest absolute Gasteiger partial charge is 0.152 e. The van der Waals surface area contributed by atoms with Crippen LogP contribution in [0.2, 0.25) is 0 Å². The molecule has 0 saturated heterocycles. The fourth-order valence-electron chi connectivity index (χ4n) is 1.56. The van der Waals surface area contributed by atoms with E-state index in [0.29, 0.717) is 5.92 Å². The van der Waals surface area contributed by atoms with Gasteiger partial charge in [-0.15, -0.1) is 10.2 Å². The van der Waals surface area contributed by atoms with Crippen LogP contribution in [0.3, 0.4) is 0 Å². The molecule has 0 aromatic carbocycles. The van der Waals surface area contributed by atoms with Crippen LogP contribution in [0, 0.1) is 0 Å². The van der Waals surface area contributed by atoms with E-state index in [0.717, 1.165) is 18.2 Å². The largest absolute Gasteiger partial charge is 0.327 e. The van der Waals surface area contributed by atoms with Crippen LogP contribution in [0.5, 0.6) is 0 Å². The van der Waals surface area contributed by atoms with Crippen molar-refractivity contribution in [3.8, 4) is 0 Å². The molecule has 0 radical (unpaired) electrons. The van der Waals surface area contributed by atoms with Crippen molar-refractivity contribution in [2.24, 2.45) is 7.05 Å². The standard InChI is InChI=1S/C10H15N5/c1-8(2)10-11-4-5-15(10)6-9-13-12-7-14(9)3/h4-5,7-8H,6H2,1-3H3. The van der Waals surface area contributed by atoms with Gasteiger partial charge in [-0.2, -0.15) is 0 Å². The third-order valence-corrected chi connectivity index (χ3v) is 2.38. The molecule has 15 heavy (non-hydrogen) atoms. The zero-order chi connectivity index (χ0) is 10.8. The zero-order valence-electron chi connectivity index (χ0n) is 9.25. The molecule has 80 valence electrons. The first-order chi connectivity index (χ1) is 7.18. The van der Waals surface area contributed by atoms with Gasteiger partial charge in [0.25, 0.3) is 0 Å².